The highest BCUT2D eigenvalue weighted by Crippen LogP contribution is 2.21. The van der Waals surface area contributed by atoms with Crippen LogP contribution in [0.4, 0.5) is 0 Å². The average molecular weight is 324 g/mol. The van der Waals surface area contributed by atoms with Gasteiger partial charge >= 0.3 is 0 Å². The van der Waals surface area contributed by atoms with Crippen molar-refractivity contribution in [3.8, 4) is 0 Å². The first-order valence-electron chi connectivity index (χ1n) is 7.85. The van der Waals surface area contributed by atoms with Crippen LogP contribution in [0.15, 0.2) is 29.2 Å². The molecule has 1 aliphatic rings. The SMILES string of the molecule is CCC(=O)NC1CCN(S(=O)(=O)c2ccc(CC)cc2)CC1. The number of piperidine rings is 1. The van der Waals surface area contributed by atoms with Crippen LogP contribution < -0.4 is 5.32 Å². The molecular formula is C16H24N2O3S. The van der Waals surface area contributed by atoms with E-state index >= 15 is 0 Å². The summed E-state index contributed by atoms with van der Waals surface area (Å²) in [5.41, 5.74) is 1.12. The van der Waals surface area contributed by atoms with Crippen molar-refractivity contribution in [2.75, 3.05) is 13.1 Å². The number of benzene rings is 1. The monoisotopic (exact) mass is 324 g/mol. The zero-order valence-electron chi connectivity index (χ0n) is 13.2. The fraction of sp³-hybridized carbons (Fsp3) is 0.562. The summed E-state index contributed by atoms with van der Waals surface area (Å²) in [5.74, 6) is 0.0245. The predicted molar refractivity (Wildman–Crippen MR) is 86.0 cm³/mol. The summed E-state index contributed by atoms with van der Waals surface area (Å²) in [6, 6.07) is 7.17. The normalized spacial score (nSPS) is 17.4. The lowest BCUT2D eigenvalue weighted by Gasteiger charge is -2.31. The highest BCUT2D eigenvalue weighted by atomic mass is 32.2. The smallest absolute Gasteiger partial charge is 0.243 e. The molecule has 2 rings (SSSR count). The maximum absolute atomic E-state index is 12.6. The Morgan fingerprint density at radius 2 is 1.77 bits per heavy atom. The quantitative estimate of drug-likeness (QED) is 0.900. The number of carbonyl (C=O) groups excluding carboxylic acids is 1. The van der Waals surface area contributed by atoms with E-state index in [0.29, 0.717) is 37.2 Å². The summed E-state index contributed by atoms with van der Waals surface area (Å²) in [7, 11) is -3.42. The second-order valence-corrected chi connectivity index (χ2v) is 7.53. The van der Waals surface area contributed by atoms with Gasteiger partial charge in [0.15, 0.2) is 0 Å². The second-order valence-electron chi connectivity index (χ2n) is 5.60. The van der Waals surface area contributed by atoms with E-state index < -0.39 is 10.0 Å². The van der Waals surface area contributed by atoms with Gasteiger partial charge in [-0.3, -0.25) is 4.79 Å². The third-order valence-corrected chi connectivity index (χ3v) is 6.02. The van der Waals surface area contributed by atoms with Crippen molar-refractivity contribution in [3.05, 3.63) is 29.8 Å². The molecule has 0 spiro atoms. The molecule has 1 aromatic carbocycles. The van der Waals surface area contributed by atoms with E-state index in [1.807, 2.05) is 26.0 Å². The lowest BCUT2D eigenvalue weighted by atomic mass is 10.1. The standard InChI is InChI=1S/C16H24N2O3S/c1-3-13-5-7-15(8-6-13)22(20,21)18-11-9-14(10-12-18)17-16(19)4-2/h5-8,14H,3-4,9-12H2,1-2H3,(H,17,19). The summed E-state index contributed by atoms with van der Waals surface area (Å²) in [5, 5.41) is 2.93. The molecular weight excluding hydrogens is 300 g/mol. The Bertz CT molecular complexity index is 603. The molecule has 1 fully saturated rings. The van der Waals surface area contributed by atoms with Crippen molar-refractivity contribution in [1.82, 2.24) is 9.62 Å². The van der Waals surface area contributed by atoms with Crippen molar-refractivity contribution in [3.63, 3.8) is 0 Å². The van der Waals surface area contributed by atoms with Crippen LogP contribution in [0.5, 0.6) is 0 Å². The minimum absolute atomic E-state index is 0.0245. The topological polar surface area (TPSA) is 66.5 Å². The van der Waals surface area contributed by atoms with E-state index in [1.165, 1.54) is 4.31 Å². The Hall–Kier alpha value is -1.40. The van der Waals surface area contributed by atoms with Crippen molar-refractivity contribution < 1.29 is 13.2 Å². The van der Waals surface area contributed by atoms with Gasteiger partial charge in [0.05, 0.1) is 4.90 Å². The maximum atomic E-state index is 12.6. The van der Waals surface area contributed by atoms with Gasteiger partial charge < -0.3 is 5.32 Å². The lowest BCUT2D eigenvalue weighted by Crippen LogP contribution is -2.46. The summed E-state index contributed by atoms with van der Waals surface area (Å²) in [6.45, 7) is 4.76. The number of nitrogens with zero attached hydrogens (tertiary/aromatic N) is 1. The molecule has 1 aromatic rings. The first-order chi connectivity index (χ1) is 10.5. The molecule has 0 bridgehead atoms. The zero-order valence-corrected chi connectivity index (χ0v) is 14.0. The number of carbonyl (C=O) groups is 1. The van der Waals surface area contributed by atoms with Gasteiger partial charge in [-0.15, -0.1) is 0 Å². The van der Waals surface area contributed by atoms with Crippen LogP contribution in [0.25, 0.3) is 0 Å². The van der Waals surface area contributed by atoms with Crippen molar-refractivity contribution >= 4 is 15.9 Å². The molecule has 0 aliphatic carbocycles. The van der Waals surface area contributed by atoms with Gasteiger partial charge in [-0.2, -0.15) is 4.31 Å². The highest BCUT2D eigenvalue weighted by molar-refractivity contribution is 7.89. The molecule has 0 unspecified atom stereocenters. The lowest BCUT2D eigenvalue weighted by molar-refractivity contribution is -0.121. The van der Waals surface area contributed by atoms with E-state index in [9.17, 15) is 13.2 Å². The maximum Gasteiger partial charge on any atom is 0.243 e. The molecule has 0 saturated carbocycles. The van der Waals surface area contributed by atoms with E-state index in [0.717, 1.165) is 12.0 Å². The molecule has 0 atom stereocenters. The molecule has 1 N–H and O–H groups in total. The summed E-state index contributed by atoms with van der Waals surface area (Å²) in [6.07, 6.45) is 2.68. The molecule has 0 radical (unpaired) electrons. The number of nitrogens with one attached hydrogen (secondary N) is 1. The number of rotatable bonds is 5. The van der Waals surface area contributed by atoms with Gasteiger partial charge in [0.2, 0.25) is 15.9 Å². The fourth-order valence-electron chi connectivity index (χ4n) is 2.62. The molecule has 1 amide bonds. The van der Waals surface area contributed by atoms with Crippen LogP contribution >= 0.6 is 0 Å². The van der Waals surface area contributed by atoms with Crippen LogP contribution in [-0.4, -0.2) is 37.8 Å². The Balaban J connectivity index is 2.01. The van der Waals surface area contributed by atoms with Crippen molar-refractivity contribution in [2.45, 2.75) is 50.5 Å². The Kier molecular flexibility index (Phi) is 5.58. The molecule has 1 saturated heterocycles. The molecule has 5 nitrogen and oxygen atoms in total. The second kappa shape index (κ2) is 7.24. The summed E-state index contributed by atoms with van der Waals surface area (Å²) >= 11 is 0. The van der Waals surface area contributed by atoms with Gasteiger partial charge in [0, 0.05) is 25.6 Å². The number of aryl methyl sites for hydroxylation is 1. The highest BCUT2D eigenvalue weighted by Gasteiger charge is 2.29. The van der Waals surface area contributed by atoms with Crippen LogP contribution in [0.3, 0.4) is 0 Å². The summed E-state index contributed by atoms with van der Waals surface area (Å²) < 4.78 is 26.7. The summed E-state index contributed by atoms with van der Waals surface area (Å²) in [4.78, 5) is 11.7. The first-order valence-corrected chi connectivity index (χ1v) is 9.29. The zero-order chi connectivity index (χ0) is 16.2. The third kappa shape index (κ3) is 3.87. The first kappa shape index (κ1) is 17.0. The molecule has 22 heavy (non-hydrogen) atoms. The van der Waals surface area contributed by atoms with Gasteiger partial charge in [0.25, 0.3) is 0 Å². The molecule has 0 aromatic heterocycles. The van der Waals surface area contributed by atoms with Crippen LogP contribution in [0, 0.1) is 0 Å². The van der Waals surface area contributed by atoms with Crippen LogP contribution in [-0.2, 0) is 21.2 Å². The van der Waals surface area contributed by atoms with Crippen LogP contribution in [0.1, 0.15) is 38.7 Å². The molecule has 1 aliphatic heterocycles. The number of sulfonamides is 1. The van der Waals surface area contributed by atoms with E-state index in [-0.39, 0.29) is 11.9 Å². The van der Waals surface area contributed by atoms with Crippen molar-refractivity contribution in [1.29, 1.82) is 0 Å². The minimum atomic E-state index is -3.42. The van der Waals surface area contributed by atoms with Crippen molar-refractivity contribution in [2.24, 2.45) is 0 Å². The number of hydrogen-bond acceptors (Lipinski definition) is 3. The van der Waals surface area contributed by atoms with Gasteiger partial charge in [0.1, 0.15) is 0 Å². The molecule has 6 heteroatoms. The van der Waals surface area contributed by atoms with E-state index in [2.05, 4.69) is 5.32 Å². The number of amides is 1. The van der Waals surface area contributed by atoms with E-state index in [1.54, 1.807) is 12.1 Å². The van der Waals surface area contributed by atoms with E-state index in [4.69, 9.17) is 0 Å². The average Bonchev–Trinajstić information content (AvgIpc) is 2.55. The van der Waals surface area contributed by atoms with Gasteiger partial charge in [-0.05, 0) is 37.0 Å². The Labute approximate surface area is 132 Å². The third-order valence-electron chi connectivity index (χ3n) is 4.11. The van der Waals surface area contributed by atoms with Gasteiger partial charge in [-0.1, -0.05) is 26.0 Å². The largest absolute Gasteiger partial charge is 0.353 e. The molecule has 1 heterocycles. The fourth-order valence-corrected chi connectivity index (χ4v) is 4.09. The van der Waals surface area contributed by atoms with Gasteiger partial charge in [-0.25, -0.2) is 8.42 Å². The number of hydrogen-bond donors (Lipinski definition) is 1. The van der Waals surface area contributed by atoms with Crippen LogP contribution in [0.2, 0.25) is 0 Å². The minimum Gasteiger partial charge on any atom is -0.353 e. The predicted octanol–water partition coefficient (Wildman–Crippen LogP) is 1.93. The Morgan fingerprint density at radius 3 is 2.27 bits per heavy atom. The molecule has 122 valence electrons. The Morgan fingerprint density at radius 1 is 1.18 bits per heavy atom.